The molecule has 0 aliphatic heterocycles. The van der Waals surface area contributed by atoms with Crippen LogP contribution < -0.4 is 10.9 Å². The molecule has 10 nitrogen and oxygen atoms in total. The molecule has 0 saturated carbocycles. The van der Waals surface area contributed by atoms with Crippen molar-refractivity contribution >= 4 is 24.3 Å². The minimum Gasteiger partial charge on any atom is -0.244 e. The van der Waals surface area contributed by atoms with E-state index in [4.69, 9.17) is 0 Å². The quantitative estimate of drug-likeness (QED) is 0.361. The predicted octanol–water partition coefficient (Wildman–Crippen LogP) is 2.89. The second kappa shape index (κ2) is 9.55. The molecule has 30 heavy (non-hydrogen) atoms. The van der Waals surface area contributed by atoms with Gasteiger partial charge in [0.25, 0.3) is 11.9 Å². The molecule has 4 rings (SSSR count). The second-order valence-electron chi connectivity index (χ2n) is 5.84. The van der Waals surface area contributed by atoms with Gasteiger partial charge >= 0.3 is 0 Å². The van der Waals surface area contributed by atoms with Gasteiger partial charge in [0, 0.05) is 11.1 Å². The van der Waals surface area contributed by atoms with Gasteiger partial charge in [-0.15, -0.1) is 10.2 Å². The highest BCUT2D eigenvalue weighted by Crippen LogP contribution is 2.16. The maximum absolute atomic E-state index is 4.36. The van der Waals surface area contributed by atoms with E-state index in [1.165, 1.54) is 12.4 Å². The number of hydrogen-bond acceptors (Lipinski definition) is 10. The van der Waals surface area contributed by atoms with Crippen LogP contribution in [0.4, 0.5) is 11.9 Å². The van der Waals surface area contributed by atoms with E-state index in [0.717, 1.165) is 11.1 Å². The highest BCUT2D eigenvalue weighted by atomic mass is 15.4. The van der Waals surface area contributed by atoms with Crippen LogP contribution in [0.25, 0.3) is 22.5 Å². The fourth-order valence-electron chi connectivity index (χ4n) is 2.45. The van der Waals surface area contributed by atoms with Gasteiger partial charge in [-0.2, -0.15) is 20.4 Å². The summed E-state index contributed by atoms with van der Waals surface area (Å²) >= 11 is 0. The highest BCUT2D eigenvalue weighted by molar-refractivity contribution is 6.16. The fourth-order valence-corrected chi connectivity index (χ4v) is 2.45. The van der Waals surface area contributed by atoms with Crippen LogP contribution in [0.2, 0.25) is 0 Å². The first-order valence-corrected chi connectivity index (χ1v) is 8.95. The summed E-state index contributed by atoms with van der Waals surface area (Å²) in [6.07, 6.45) is 6.04. The van der Waals surface area contributed by atoms with Crippen molar-refractivity contribution < 1.29 is 0 Å². The molecule has 2 N–H and O–H groups in total. The number of nitrogens with zero attached hydrogens (tertiary/aromatic N) is 8. The molecule has 10 heteroatoms. The van der Waals surface area contributed by atoms with Gasteiger partial charge in [0.15, 0.2) is 0 Å². The van der Waals surface area contributed by atoms with E-state index in [1.807, 2.05) is 60.7 Å². The Balaban J connectivity index is 1.32. The minimum atomic E-state index is 0.275. The van der Waals surface area contributed by atoms with Crippen LogP contribution in [0.5, 0.6) is 0 Å². The number of hydrogen-bond donors (Lipinski definition) is 2. The van der Waals surface area contributed by atoms with Crippen molar-refractivity contribution in [3.63, 3.8) is 0 Å². The Kier molecular flexibility index (Phi) is 5.97. The summed E-state index contributed by atoms with van der Waals surface area (Å²) in [6, 6.07) is 19.4. The third-order valence-electron chi connectivity index (χ3n) is 3.80. The molecule has 0 aliphatic rings. The van der Waals surface area contributed by atoms with Crippen molar-refractivity contribution in [3.05, 3.63) is 73.1 Å². The van der Waals surface area contributed by atoms with E-state index < -0.39 is 0 Å². The molecular formula is C20H16N10. The van der Waals surface area contributed by atoms with Crippen molar-refractivity contribution in [1.82, 2.24) is 30.4 Å². The average molecular weight is 396 g/mol. The summed E-state index contributed by atoms with van der Waals surface area (Å²) in [5.74, 6) is 0.550. The maximum Gasteiger partial charge on any atom is 0.263 e. The molecule has 2 aromatic carbocycles. The van der Waals surface area contributed by atoms with Gasteiger partial charge in [0.1, 0.15) is 0 Å². The van der Waals surface area contributed by atoms with Gasteiger partial charge in [0.2, 0.25) is 0 Å². The Bertz CT molecular complexity index is 1050. The fraction of sp³-hybridized carbons (Fsp3) is 0. The molecule has 0 aliphatic carbocycles. The van der Waals surface area contributed by atoms with E-state index in [2.05, 4.69) is 51.4 Å². The van der Waals surface area contributed by atoms with Crippen molar-refractivity contribution in [3.8, 4) is 22.5 Å². The summed E-state index contributed by atoms with van der Waals surface area (Å²) < 4.78 is 0. The SMILES string of the molecule is C(/C=N/Nc1nncc(-c2ccccc2)n1)=N\Nc1nncc(-c2ccccc2)n1. The summed E-state index contributed by atoms with van der Waals surface area (Å²) in [7, 11) is 0. The van der Waals surface area contributed by atoms with Crippen LogP contribution in [0.1, 0.15) is 0 Å². The lowest BCUT2D eigenvalue weighted by Gasteiger charge is -2.02. The summed E-state index contributed by atoms with van der Waals surface area (Å²) in [5.41, 5.74) is 8.69. The van der Waals surface area contributed by atoms with Crippen LogP contribution >= 0.6 is 0 Å². The molecule has 0 bridgehead atoms. The maximum atomic E-state index is 4.36. The third kappa shape index (κ3) is 5.01. The van der Waals surface area contributed by atoms with Gasteiger partial charge in [-0.05, 0) is 0 Å². The van der Waals surface area contributed by atoms with Gasteiger partial charge in [-0.1, -0.05) is 60.7 Å². The average Bonchev–Trinajstić information content (AvgIpc) is 2.83. The molecule has 0 spiro atoms. The molecule has 0 radical (unpaired) electrons. The molecule has 2 aromatic heterocycles. The van der Waals surface area contributed by atoms with E-state index in [1.54, 1.807) is 12.4 Å². The van der Waals surface area contributed by atoms with Crippen LogP contribution in [0.15, 0.2) is 83.3 Å². The van der Waals surface area contributed by atoms with Crippen LogP contribution in [-0.2, 0) is 0 Å². The lowest BCUT2D eigenvalue weighted by atomic mass is 10.2. The van der Waals surface area contributed by atoms with Gasteiger partial charge in [0.05, 0.1) is 36.2 Å². The largest absolute Gasteiger partial charge is 0.263 e. The number of rotatable bonds is 7. The number of nitrogens with one attached hydrogen (secondary N) is 2. The standard InChI is InChI=1S/C20H16N10/c1-3-7-15(8-4-1)17-13-23-29-19(25-17)27-21-11-12-22-28-20-26-18(14-24-30-20)16-9-5-2-6-10-16/h1-14H,(H,25,27,29)(H,26,28,30)/b21-11+,22-12+. The molecule has 0 fully saturated rings. The van der Waals surface area contributed by atoms with E-state index in [9.17, 15) is 0 Å². The number of aromatic nitrogens is 6. The normalized spacial score (nSPS) is 11.1. The minimum absolute atomic E-state index is 0.275. The van der Waals surface area contributed by atoms with Crippen molar-refractivity contribution in [2.45, 2.75) is 0 Å². The van der Waals surface area contributed by atoms with E-state index in [-0.39, 0.29) is 11.9 Å². The van der Waals surface area contributed by atoms with Crippen molar-refractivity contribution in [2.75, 3.05) is 10.9 Å². The van der Waals surface area contributed by atoms with Crippen molar-refractivity contribution in [1.29, 1.82) is 0 Å². The predicted molar refractivity (Wildman–Crippen MR) is 115 cm³/mol. The molecule has 0 atom stereocenters. The summed E-state index contributed by atoms with van der Waals surface area (Å²) in [6.45, 7) is 0. The second-order valence-corrected chi connectivity index (χ2v) is 5.84. The molecule has 146 valence electrons. The number of benzene rings is 2. The monoisotopic (exact) mass is 396 g/mol. The van der Waals surface area contributed by atoms with Gasteiger partial charge < -0.3 is 0 Å². The van der Waals surface area contributed by atoms with Crippen molar-refractivity contribution in [2.24, 2.45) is 10.2 Å². The van der Waals surface area contributed by atoms with Gasteiger partial charge in [-0.3, -0.25) is 0 Å². The highest BCUT2D eigenvalue weighted by Gasteiger charge is 2.02. The number of hydrazone groups is 2. The molecule has 4 aromatic rings. The topological polar surface area (TPSA) is 126 Å². The Morgan fingerprint density at radius 2 is 1.03 bits per heavy atom. The smallest absolute Gasteiger partial charge is 0.244 e. The lowest BCUT2D eigenvalue weighted by molar-refractivity contribution is 0.966. The molecule has 2 heterocycles. The van der Waals surface area contributed by atoms with Crippen LogP contribution in [0, 0.1) is 0 Å². The molecule has 0 saturated heterocycles. The van der Waals surface area contributed by atoms with E-state index in [0.29, 0.717) is 11.4 Å². The van der Waals surface area contributed by atoms with Gasteiger partial charge in [-0.25, -0.2) is 20.8 Å². The van der Waals surface area contributed by atoms with E-state index >= 15 is 0 Å². The van der Waals surface area contributed by atoms with Crippen LogP contribution in [0.3, 0.4) is 0 Å². The summed E-state index contributed by atoms with van der Waals surface area (Å²) in [5, 5.41) is 23.6. The summed E-state index contributed by atoms with van der Waals surface area (Å²) in [4.78, 5) is 8.72. The zero-order valence-corrected chi connectivity index (χ0v) is 15.7. The lowest BCUT2D eigenvalue weighted by Crippen LogP contribution is -2.01. The third-order valence-corrected chi connectivity index (χ3v) is 3.80. The Morgan fingerprint density at radius 3 is 1.47 bits per heavy atom. The first-order chi connectivity index (χ1) is 14.9. The number of anilines is 2. The Labute approximate surface area is 171 Å². The Hall–Kier alpha value is -4.60. The first-order valence-electron chi connectivity index (χ1n) is 8.95. The zero-order valence-electron chi connectivity index (χ0n) is 15.7. The van der Waals surface area contributed by atoms with Crippen LogP contribution in [-0.4, -0.2) is 42.8 Å². The molecule has 0 unspecified atom stereocenters. The molecular weight excluding hydrogens is 380 g/mol. The zero-order chi connectivity index (χ0) is 20.4. The Morgan fingerprint density at radius 1 is 0.600 bits per heavy atom. The first kappa shape index (κ1) is 18.7. The molecule has 0 amide bonds.